The van der Waals surface area contributed by atoms with Crippen LogP contribution < -0.4 is 0 Å². The Bertz CT molecular complexity index is 918. The Kier molecular flexibility index (Phi) is 3.57. The first-order valence-electron chi connectivity index (χ1n) is 8.38. The predicted molar refractivity (Wildman–Crippen MR) is 96.1 cm³/mol. The summed E-state index contributed by atoms with van der Waals surface area (Å²) < 4.78 is 0. The van der Waals surface area contributed by atoms with Crippen LogP contribution in [0.3, 0.4) is 0 Å². The second kappa shape index (κ2) is 5.75. The number of aromatic nitrogens is 1. The average molecular weight is 316 g/mol. The first kappa shape index (κ1) is 14.9. The van der Waals surface area contributed by atoms with Gasteiger partial charge < -0.3 is 4.90 Å². The van der Waals surface area contributed by atoms with E-state index in [0.29, 0.717) is 0 Å². The normalized spacial score (nSPS) is 16.9. The lowest BCUT2D eigenvalue weighted by molar-refractivity contribution is 0.0462. The minimum absolute atomic E-state index is 0.108. The highest BCUT2D eigenvalue weighted by molar-refractivity contribution is 6.07. The molecule has 0 unspecified atom stereocenters. The summed E-state index contributed by atoms with van der Waals surface area (Å²) in [6, 6.07) is 18.4. The number of aryl methyl sites for hydroxylation is 2. The fourth-order valence-electron chi connectivity index (χ4n) is 3.50. The molecule has 1 aromatic heterocycles. The molecule has 1 aliphatic heterocycles. The maximum atomic E-state index is 13.2. The van der Waals surface area contributed by atoms with E-state index in [1.54, 1.807) is 0 Å². The lowest BCUT2D eigenvalue weighted by Gasteiger charge is -2.41. The summed E-state index contributed by atoms with van der Waals surface area (Å²) in [5.74, 6) is 0.108. The van der Waals surface area contributed by atoms with Crippen molar-refractivity contribution in [2.24, 2.45) is 0 Å². The van der Waals surface area contributed by atoms with Crippen molar-refractivity contribution in [3.8, 4) is 0 Å². The summed E-state index contributed by atoms with van der Waals surface area (Å²) in [5, 5.41) is 0.948. The lowest BCUT2D eigenvalue weighted by Crippen LogP contribution is -2.45. The minimum Gasteiger partial charge on any atom is -0.331 e. The third-order valence-electron chi connectivity index (χ3n) is 4.86. The van der Waals surface area contributed by atoms with Crippen LogP contribution >= 0.6 is 0 Å². The zero-order chi connectivity index (χ0) is 16.7. The third kappa shape index (κ3) is 2.37. The maximum absolute atomic E-state index is 13.2. The van der Waals surface area contributed by atoms with Gasteiger partial charge in [-0.25, -0.2) is 0 Å². The smallest absolute Gasteiger partial charge is 0.255 e. The lowest BCUT2D eigenvalue weighted by atomic mass is 9.93. The number of pyridine rings is 1. The second-order valence-corrected chi connectivity index (χ2v) is 6.50. The van der Waals surface area contributed by atoms with Crippen molar-refractivity contribution >= 4 is 16.8 Å². The van der Waals surface area contributed by atoms with Crippen LogP contribution in [0.15, 0.2) is 54.6 Å². The molecular formula is C21H20N2O. The van der Waals surface area contributed by atoms with Gasteiger partial charge in [0.2, 0.25) is 0 Å². The van der Waals surface area contributed by atoms with Crippen molar-refractivity contribution in [2.45, 2.75) is 26.3 Å². The number of para-hydroxylation sites is 1. The number of hydrogen-bond acceptors (Lipinski definition) is 2. The quantitative estimate of drug-likeness (QED) is 0.700. The molecule has 1 saturated heterocycles. The van der Waals surface area contributed by atoms with Gasteiger partial charge in [0.15, 0.2) is 0 Å². The van der Waals surface area contributed by atoms with Crippen LogP contribution in [0.2, 0.25) is 0 Å². The van der Waals surface area contributed by atoms with E-state index in [1.165, 1.54) is 5.56 Å². The molecule has 3 nitrogen and oxygen atoms in total. The van der Waals surface area contributed by atoms with Gasteiger partial charge in [-0.05, 0) is 37.5 Å². The van der Waals surface area contributed by atoms with Crippen molar-refractivity contribution in [1.82, 2.24) is 9.88 Å². The fraction of sp³-hybridized carbons (Fsp3) is 0.238. The van der Waals surface area contributed by atoms with Crippen LogP contribution in [0.4, 0.5) is 0 Å². The standard InChI is InChI=1S/C21H20N2O/c1-14-7-6-10-17-18(13-15(2)22-20(14)17)21(24)23-12-11-19(23)16-8-4-3-5-9-16/h3-10,13,19H,11-12H2,1-2H3/t19-/m0/s1. The van der Waals surface area contributed by atoms with E-state index in [0.717, 1.165) is 40.7 Å². The van der Waals surface area contributed by atoms with Gasteiger partial charge in [0, 0.05) is 17.6 Å². The summed E-state index contributed by atoms with van der Waals surface area (Å²) in [4.78, 5) is 19.8. The molecule has 120 valence electrons. The number of amides is 1. The Balaban J connectivity index is 1.75. The topological polar surface area (TPSA) is 33.2 Å². The molecule has 0 bridgehead atoms. The molecular weight excluding hydrogens is 296 g/mol. The summed E-state index contributed by atoms with van der Waals surface area (Å²) in [5.41, 5.74) is 4.90. The average Bonchev–Trinajstić information content (AvgIpc) is 2.55. The van der Waals surface area contributed by atoms with Gasteiger partial charge in [0.1, 0.15) is 0 Å². The van der Waals surface area contributed by atoms with Crippen molar-refractivity contribution in [3.05, 3.63) is 77.0 Å². The van der Waals surface area contributed by atoms with Crippen LogP contribution in [0.1, 0.15) is 39.6 Å². The van der Waals surface area contributed by atoms with Gasteiger partial charge in [0.05, 0.1) is 17.1 Å². The van der Waals surface area contributed by atoms with Gasteiger partial charge in [-0.3, -0.25) is 9.78 Å². The first-order valence-corrected chi connectivity index (χ1v) is 8.38. The molecule has 4 rings (SSSR count). The number of carbonyl (C=O) groups excluding carboxylic acids is 1. The number of likely N-dealkylation sites (tertiary alicyclic amines) is 1. The maximum Gasteiger partial charge on any atom is 0.255 e. The Labute approximate surface area is 141 Å². The number of carbonyl (C=O) groups is 1. The van der Waals surface area contributed by atoms with Gasteiger partial charge >= 0.3 is 0 Å². The van der Waals surface area contributed by atoms with E-state index in [9.17, 15) is 4.79 Å². The molecule has 0 aliphatic carbocycles. The molecule has 1 atom stereocenters. The van der Waals surface area contributed by atoms with Gasteiger partial charge in [-0.2, -0.15) is 0 Å². The third-order valence-corrected chi connectivity index (χ3v) is 4.86. The van der Waals surface area contributed by atoms with E-state index in [1.807, 2.05) is 61.2 Å². The van der Waals surface area contributed by atoms with Crippen LogP contribution in [0.25, 0.3) is 10.9 Å². The van der Waals surface area contributed by atoms with E-state index in [-0.39, 0.29) is 11.9 Å². The monoisotopic (exact) mass is 316 g/mol. The molecule has 0 radical (unpaired) electrons. The summed E-state index contributed by atoms with van der Waals surface area (Å²) in [6.07, 6.45) is 1.02. The summed E-state index contributed by atoms with van der Waals surface area (Å²) >= 11 is 0. The second-order valence-electron chi connectivity index (χ2n) is 6.50. The first-order chi connectivity index (χ1) is 11.6. The van der Waals surface area contributed by atoms with Crippen molar-refractivity contribution in [1.29, 1.82) is 0 Å². The van der Waals surface area contributed by atoms with Crippen LogP contribution in [-0.2, 0) is 0 Å². The Morgan fingerprint density at radius 2 is 1.88 bits per heavy atom. The van der Waals surface area contributed by atoms with E-state index in [4.69, 9.17) is 0 Å². The molecule has 24 heavy (non-hydrogen) atoms. The molecule has 3 aromatic rings. The molecule has 1 aliphatic rings. The van der Waals surface area contributed by atoms with Gasteiger partial charge in [-0.1, -0.05) is 48.5 Å². The van der Waals surface area contributed by atoms with Crippen LogP contribution in [0, 0.1) is 13.8 Å². The summed E-state index contributed by atoms with van der Waals surface area (Å²) in [6.45, 7) is 4.81. The SMILES string of the molecule is Cc1cc(C(=O)N2CC[C@H]2c2ccccc2)c2cccc(C)c2n1. The molecule has 2 aromatic carbocycles. The van der Waals surface area contributed by atoms with E-state index >= 15 is 0 Å². The van der Waals surface area contributed by atoms with Gasteiger partial charge in [-0.15, -0.1) is 0 Å². The summed E-state index contributed by atoms with van der Waals surface area (Å²) in [7, 11) is 0. The molecule has 1 amide bonds. The van der Waals surface area contributed by atoms with Crippen molar-refractivity contribution < 1.29 is 4.79 Å². The Morgan fingerprint density at radius 1 is 1.08 bits per heavy atom. The van der Waals surface area contributed by atoms with E-state index in [2.05, 4.69) is 17.1 Å². The Hall–Kier alpha value is -2.68. The van der Waals surface area contributed by atoms with Crippen molar-refractivity contribution in [3.63, 3.8) is 0 Å². The predicted octanol–water partition coefficient (Wildman–Crippen LogP) is 4.44. The number of rotatable bonds is 2. The molecule has 0 N–H and O–H groups in total. The largest absolute Gasteiger partial charge is 0.331 e. The zero-order valence-corrected chi connectivity index (χ0v) is 14.0. The molecule has 2 heterocycles. The molecule has 3 heteroatoms. The highest BCUT2D eigenvalue weighted by Gasteiger charge is 2.34. The number of fused-ring (bicyclic) bond motifs is 1. The number of hydrogen-bond donors (Lipinski definition) is 0. The Morgan fingerprint density at radius 3 is 2.58 bits per heavy atom. The molecule has 1 fully saturated rings. The van der Waals surface area contributed by atoms with Crippen LogP contribution in [0.5, 0.6) is 0 Å². The van der Waals surface area contributed by atoms with Crippen molar-refractivity contribution in [2.75, 3.05) is 6.54 Å². The highest BCUT2D eigenvalue weighted by Crippen LogP contribution is 2.35. The number of benzene rings is 2. The zero-order valence-electron chi connectivity index (χ0n) is 14.0. The highest BCUT2D eigenvalue weighted by atomic mass is 16.2. The molecule has 0 spiro atoms. The van der Waals surface area contributed by atoms with Gasteiger partial charge in [0.25, 0.3) is 5.91 Å². The molecule has 0 saturated carbocycles. The van der Waals surface area contributed by atoms with E-state index < -0.39 is 0 Å². The fourth-order valence-corrected chi connectivity index (χ4v) is 3.50. The van der Waals surface area contributed by atoms with Crippen LogP contribution in [-0.4, -0.2) is 22.3 Å². The minimum atomic E-state index is 0.108. The number of nitrogens with zero attached hydrogens (tertiary/aromatic N) is 2.